The van der Waals surface area contributed by atoms with E-state index in [1.54, 1.807) is 0 Å². The summed E-state index contributed by atoms with van der Waals surface area (Å²) < 4.78 is 26.3. The summed E-state index contributed by atoms with van der Waals surface area (Å²) in [7, 11) is -2.66. The summed E-state index contributed by atoms with van der Waals surface area (Å²) in [6.45, 7) is 1.30. The topological polar surface area (TPSA) is 113 Å². The number of likely N-dealkylation sites (N-methyl/N-ethyl adjacent to an activating group) is 1. The number of rotatable bonds is 5. The van der Waals surface area contributed by atoms with Crippen molar-refractivity contribution >= 4 is 34.0 Å². The standard InChI is InChI=1S/C16H22N4O5S.ClH/c1-18(26(24,25)15-4-2-3-13(9-15)20(22)23)11-16(21)19-12-5-6-14(19)10-17-8-7-12;/h2-4,9,12,14,17H,5-8,10-11H2,1H3;1H. The number of amides is 1. The van der Waals surface area contributed by atoms with E-state index < -0.39 is 14.9 Å². The normalized spacial score (nSPS) is 22.2. The lowest BCUT2D eigenvalue weighted by molar-refractivity contribution is -0.385. The molecule has 9 nitrogen and oxygen atoms in total. The number of non-ortho nitro benzene ring substituents is 1. The Balaban J connectivity index is 0.00000261. The first-order valence-electron chi connectivity index (χ1n) is 8.53. The SMILES string of the molecule is CN(CC(=O)N1C2CCNCC1CC2)S(=O)(=O)c1cccc([N+](=O)[O-])c1.Cl. The molecule has 1 amide bonds. The molecule has 0 radical (unpaired) electrons. The Morgan fingerprint density at radius 3 is 2.74 bits per heavy atom. The predicted molar refractivity (Wildman–Crippen MR) is 101 cm³/mol. The van der Waals surface area contributed by atoms with Crippen LogP contribution in [-0.2, 0) is 14.8 Å². The maximum absolute atomic E-state index is 12.8. The third-order valence-corrected chi connectivity index (χ3v) is 6.84. The van der Waals surface area contributed by atoms with E-state index in [1.807, 2.05) is 4.90 Å². The van der Waals surface area contributed by atoms with Crippen molar-refractivity contribution in [2.45, 2.75) is 36.2 Å². The first-order valence-corrected chi connectivity index (χ1v) is 9.97. The number of fused-ring (bicyclic) bond motifs is 2. The molecule has 2 aliphatic rings. The zero-order valence-electron chi connectivity index (χ0n) is 14.9. The number of hydrogen-bond donors (Lipinski definition) is 1. The lowest BCUT2D eigenvalue weighted by Gasteiger charge is -2.29. The summed E-state index contributed by atoms with van der Waals surface area (Å²) in [5.74, 6) is -0.224. The van der Waals surface area contributed by atoms with Gasteiger partial charge in [-0.1, -0.05) is 6.07 Å². The van der Waals surface area contributed by atoms with E-state index in [-0.39, 0.29) is 47.5 Å². The zero-order chi connectivity index (χ0) is 18.9. The number of nitro groups is 1. The van der Waals surface area contributed by atoms with Gasteiger partial charge >= 0.3 is 0 Å². The van der Waals surface area contributed by atoms with E-state index in [9.17, 15) is 23.3 Å². The Morgan fingerprint density at radius 2 is 2.04 bits per heavy atom. The molecule has 1 N–H and O–H groups in total. The number of nitrogens with one attached hydrogen (secondary N) is 1. The first-order chi connectivity index (χ1) is 12.3. The largest absolute Gasteiger partial charge is 0.334 e. The second-order valence-corrected chi connectivity index (χ2v) is 8.74. The van der Waals surface area contributed by atoms with Gasteiger partial charge in [0.05, 0.1) is 16.4 Å². The van der Waals surface area contributed by atoms with E-state index >= 15 is 0 Å². The highest BCUT2D eigenvalue weighted by Crippen LogP contribution is 2.28. The number of carbonyl (C=O) groups excluding carboxylic acids is 1. The van der Waals surface area contributed by atoms with Crippen molar-refractivity contribution in [1.29, 1.82) is 0 Å². The van der Waals surface area contributed by atoms with Gasteiger partial charge in [-0.25, -0.2) is 8.42 Å². The van der Waals surface area contributed by atoms with Crippen molar-refractivity contribution in [2.24, 2.45) is 0 Å². The number of sulfonamides is 1. The van der Waals surface area contributed by atoms with Gasteiger partial charge in [0.15, 0.2) is 0 Å². The fourth-order valence-electron chi connectivity index (χ4n) is 3.68. The summed E-state index contributed by atoms with van der Waals surface area (Å²) in [4.78, 5) is 24.6. The molecule has 11 heteroatoms. The van der Waals surface area contributed by atoms with Gasteiger partial charge in [-0.3, -0.25) is 14.9 Å². The molecule has 0 aliphatic carbocycles. The quantitative estimate of drug-likeness (QED) is 0.563. The van der Waals surface area contributed by atoms with Crippen LogP contribution in [-0.4, -0.2) is 67.2 Å². The van der Waals surface area contributed by atoms with Crippen LogP contribution >= 0.6 is 12.4 Å². The number of nitrogens with zero attached hydrogens (tertiary/aromatic N) is 3. The van der Waals surface area contributed by atoms with E-state index in [4.69, 9.17) is 0 Å². The summed E-state index contributed by atoms with van der Waals surface area (Å²) in [5, 5.41) is 14.2. The first kappa shape index (κ1) is 21.5. The van der Waals surface area contributed by atoms with Gasteiger partial charge in [-0.05, 0) is 31.9 Å². The van der Waals surface area contributed by atoms with Gasteiger partial charge in [-0.15, -0.1) is 12.4 Å². The highest BCUT2D eigenvalue weighted by Gasteiger charge is 2.39. The lowest BCUT2D eigenvalue weighted by Crippen LogP contribution is -2.47. The molecule has 2 fully saturated rings. The molecule has 2 unspecified atom stereocenters. The molecular formula is C16H23ClN4O5S. The molecule has 2 saturated heterocycles. The molecule has 1 aromatic rings. The van der Waals surface area contributed by atoms with Gasteiger partial charge in [0.1, 0.15) is 0 Å². The highest BCUT2D eigenvalue weighted by molar-refractivity contribution is 7.89. The number of halogens is 1. The van der Waals surface area contributed by atoms with Gasteiger partial charge in [0, 0.05) is 37.8 Å². The second-order valence-electron chi connectivity index (χ2n) is 6.69. The van der Waals surface area contributed by atoms with Crippen LogP contribution in [0.5, 0.6) is 0 Å². The maximum Gasteiger partial charge on any atom is 0.270 e. The van der Waals surface area contributed by atoms with E-state index in [0.29, 0.717) is 0 Å². The number of benzene rings is 1. The second kappa shape index (κ2) is 8.51. The summed E-state index contributed by atoms with van der Waals surface area (Å²) in [5.41, 5.74) is -0.303. The van der Waals surface area contributed by atoms with Crippen molar-refractivity contribution in [2.75, 3.05) is 26.7 Å². The van der Waals surface area contributed by atoms with Gasteiger partial charge < -0.3 is 10.2 Å². The van der Waals surface area contributed by atoms with Crippen LogP contribution in [0, 0.1) is 10.1 Å². The van der Waals surface area contributed by atoms with Crippen molar-refractivity contribution in [3.05, 3.63) is 34.4 Å². The van der Waals surface area contributed by atoms with Gasteiger partial charge in [0.25, 0.3) is 5.69 Å². The lowest BCUT2D eigenvalue weighted by atomic mass is 10.1. The molecule has 2 aliphatic heterocycles. The van der Waals surface area contributed by atoms with E-state index in [1.165, 1.54) is 25.2 Å². The molecule has 0 saturated carbocycles. The van der Waals surface area contributed by atoms with Crippen molar-refractivity contribution in [3.8, 4) is 0 Å². The minimum absolute atomic E-state index is 0. The van der Waals surface area contributed by atoms with E-state index in [0.717, 1.165) is 42.7 Å². The maximum atomic E-state index is 12.8. The fourth-order valence-corrected chi connectivity index (χ4v) is 4.84. The fraction of sp³-hybridized carbons (Fsp3) is 0.562. The van der Waals surface area contributed by atoms with Crippen LogP contribution in [0.4, 0.5) is 5.69 Å². The smallest absolute Gasteiger partial charge is 0.270 e. The predicted octanol–water partition coefficient (Wildman–Crippen LogP) is 0.990. The third kappa shape index (κ3) is 4.40. The monoisotopic (exact) mass is 418 g/mol. The zero-order valence-corrected chi connectivity index (χ0v) is 16.5. The molecule has 150 valence electrons. The molecule has 2 heterocycles. The summed E-state index contributed by atoms with van der Waals surface area (Å²) in [6.07, 6.45) is 2.73. The molecular weight excluding hydrogens is 396 g/mol. The van der Waals surface area contributed by atoms with Crippen molar-refractivity contribution in [1.82, 2.24) is 14.5 Å². The Labute approximate surface area is 164 Å². The molecule has 2 atom stereocenters. The Morgan fingerprint density at radius 1 is 1.33 bits per heavy atom. The van der Waals surface area contributed by atoms with Crippen molar-refractivity contribution < 1.29 is 18.1 Å². The number of carbonyl (C=O) groups is 1. The highest BCUT2D eigenvalue weighted by atomic mass is 35.5. The average molecular weight is 419 g/mol. The van der Waals surface area contributed by atoms with Gasteiger partial charge in [-0.2, -0.15) is 4.31 Å². The number of hydrogen-bond acceptors (Lipinski definition) is 6. The van der Waals surface area contributed by atoms with Crippen LogP contribution in [0.1, 0.15) is 19.3 Å². The Bertz CT molecular complexity index is 805. The minimum atomic E-state index is -3.99. The summed E-state index contributed by atoms with van der Waals surface area (Å²) >= 11 is 0. The molecule has 3 rings (SSSR count). The molecule has 0 aromatic heterocycles. The number of nitro benzene ring substituents is 1. The summed E-state index contributed by atoms with van der Waals surface area (Å²) in [6, 6.07) is 5.10. The van der Waals surface area contributed by atoms with Crippen molar-refractivity contribution in [3.63, 3.8) is 0 Å². The van der Waals surface area contributed by atoms with Gasteiger partial charge in [0.2, 0.25) is 15.9 Å². The average Bonchev–Trinajstić information content (AvgIpc) is 2.87. The minimum Gasteiger partial charge on any atom is -0.334 e. The van der Waals surface area contributed by atoms with Crippen LogP contribution in [0.2, 0.25) is 0 Å². The van der Waals surface area contributed by atoms with Crippen LogP contribution < -0.4 is 5.32 Å². The van der Waals surface area contributed by atoms with Crippen LogP contribution in [0.3, 0.4) is 0 Å². The molecule has 0 spiro atoms. The Kier molecular flexibility index (Phi) is 6.79. The van der Waals surface area contributed by atoms with E-state index in [2.05, 4.69) is 5.32 Å². The molecule has 27 heavy (non-hydrogen) atoms. The molecule has 1 aromatic carbocycles. The van der Waals surface area contributed by atoms with Crippen LogP contribution in [0.15, 0.2) is 29.2 Å². The molecule has 2 bridgehead atoms. The Hall–Kier alpha value is -1.75. The third-order valence-electron chi connectivity index (χ3n) is 5.04. The van der Waals surface area contributed by atoms with Crippen LogP contribution in [0.25, 0.3) is 0 Å².